The summed E-state index contributed by atoms with van der Waals surface area (Å²) in [5, 5.41) is 3.22. The number of rotatable bonds is 3. The van der Waals surface area contributed by atoms with E-state index in [1.165, 1.54) is 6.42 Å². The number of hydrogen-bond donors (Lipinski definition) is 1. The van der Waals surface area contributed by atoms with Crippen LogP contribution in [0.2, 0.25) is 0 Å². The van der Waals surface area contributed by atoms with E-state index < -0.39 is 0 Å². The van der Waals surface area contributed by atoms with Crippen molar-refractivity contribution in [2.24, 2.45) is 5.92 Å². The molecule has 114 valence electrons. The first-order valence-corrected chi connectivity index (χ1v) is 7.99. The second-order valence-electron chi connectivity index (χ2n) is 6.32. The van der Waals surface area contributed by atoms with E-state index in [2.05, 4.69) is 20.2 Å². The van der Waals surface area contributed by atoms with Crippen LogP contribution in [0.1, 0.15) is 43.5 Å². The fourth-order valence-corrected chi connectivity index (χ4v) is 3.05. The summed E-state index contributed by atoms with van der Waals surface area (Å²) in [5.41, 5.74) is 1.94. The highest BCUT2D eigenvalue weighted by Crippen LogP contribution is 2.27. The van der Waals surface area contributed by atoms with E-state index in [-0.39, 0.29) is 11.8 Å². The van der Waals surface area contributed by atoms with Crippen LogP contribution < -0.4 is 10.2 Å². The molecule has 5 nitrogen and oxygen atoms in total. The fraction of sp³-hybridized carbons (Fsp3) is 0.688. The number of carbonyl (C=O) groups excluding carboxylic acids is 1. The van der Waals surface area contributed by atoms with Gasteiger partial charge in [-0.15, -0.1) is 0 Å². The van der Waals surface area contributed by atoms with Crippen LogP contribution in [0.5, 0.6) is 0 Å². The van der Waals surface area contributed by atoms with Crippen molar-refractivity contribution in [1.82, 2.24) is 15.3 Å². The summed E-state index contributed by atoms with van der Waals surface area (Å²) < 4.78 is 0. The molecule has 1 aliphatic carbocycles. The number of hydrogen-bond acceptors (Lipinski definition) is 4. The Balaban J connectivity index is 1.54. The molecule has 0 atom stereocenters. The normalized spacial score (nSPS) is 20.2. The number of nitrogens with zero attached hydrogens (tertiary/aromatic N) is 3. The zero-order valence-electron chi connectivity index (χ0n) is 12.9. The summed E-state index contributed by atoms with van der Waals surface area (Å²) in [6.07, 6.45) is 7.15. The average molecular weight is 288 g/mol. The van der Waals surface area contributed by atoms with Crippen molar-refractivity contribution in [3.63, 3.8) is 0 Å². The van der Waals surface area contributed by atoms with E-state index in [0.29, 0.717) is 6.04 Å². The SMILES string of the molecule is Cc1cnc(C)c(N2CCC(NC(=O)C3CCC3)CC2)n1. The van der Waals surface area contributed by atoms with Gasteiger partial charge in [-0.25, -0.2) is 4.98 Å². The average Bonchev–Trinajstić information content (AvgIpc) is 2.40. The molecule has 0 aromatic carbocycles. The van der Waals surface area contributed by atoms with E-state index in [4.69, 9.17) is 0 Å². The fourth-order valence-electron chi connectivity index (χ4n) is 3.05. The second kappa shape index (κ2) is 6.00. The van der Waals surface area contributed by atoms with Gasteiger partial charge in [0.25, 0.3) is 0 Å². The van der Waals surface area contributed by atoms with Gasteiger partial charge in [-0.05, 0) is 39.5 Å². The highest BCUT2D eigenvalue weighted by atomic mass is 16.2. The number of aromatic nitrogens is 2. The zero-order chi connectivity index (χ0) is 14.8. The lowest BCUT2D eigenvalue weighted by molar-refractivity contribution is -0.128. The molecule has 0 bridgehead atoms. The monoisotopic (exact) mass is 288 g/mol. The molecule has 0 radical (unpaired) electrons. The molecule has 2 aliphatic rings. The summed E-state index contributed by atoms with van der Waals surface area (Å²) in [4.78, 5) is 23.3. The van der Waals surface area contributed by atoms with Gasteiger partial charge in [0.2, 0.25) is 5.91 Å². The van der Waals surface area contributed by atoms with Crippen LogP contribution in [0.4, 0.5) is 5.82 Å². The topological polar surface area (TPSA) is 58.1 Å². The van der Waals surface area contributed by atoms with Gasteiger partial charge < -0.3 is 10.2 Å². The van der Waals surface area contributed by atoms with Crippen LogP contribution in [0.3, 0.4) is 0 Å². The Bertz CT molecular complexity index is 519. The first kappa shape index (κ1) is 14.3. The molecule has 0 spiro atoms. The number of aryl methyl sites for hydroxylation is 2. The van der Waals surface area contributed by atoms with Crippen LogP contribution in [-0.2, 0) is 4.79 Å². The molecule has 0 unspecified atom stereocenters. The maximum absolute atomic E-state index is 12.0. The van der Waals surface area contributed by atoms with Crippen molar-refractivity contribution in [2.75, 3.05) is 18.0 Å². The minimum atomic E-state index is 0.270. The number of nitrogens with one attached hydrogen (secondary N) is 1. The van der Waals surface area contributed by atoms with Gasteiger partial charge in [0.15, 0.2) is 0 Å². The smallest absolute Gasteiger partial charge is 0.223 e. The summed E-state index contributed by atoms with van der Waals surface area (Å²) in [5.74, 6) is 1.55. The van der Waals surface area contributed by atoms with Crippen molar-refractivity contribution in [3.05, 3.63) is 17.6 Å². The highest BCUT2D eigenvalue weighted by Gasteiger charge is 2.28. The molecule has 1 amide bonds. The largest absolute Gasteiger partial charge is 0.355 e. The summed E-state index contributed by atoms with van der Waals surface area (Å²) in [6.45, 7) is 5.86. The summed E-state index contributed by atoms with van der Waals surface area (Å²) in [6, 6.07) is 0.326. The summed E-state index contributed by atoms with van der Waals surface area (Å²) >= 11 is 0. The summed E-state index contributed by atoms with van der Waals surface area (Å²) in [7, 11) is 0. The Hall–Kier alpha value is -1.65. The third-order valence-corrected chi connectivity index (χ3v) is 4.67. The van der Waals surface area contributed by atoms with Gasteiger partial charge in [-0.1, -0.05) is 6.42 Å². The lowest BCUT2D eigenvalue weighted by Crippen LogP contribution is -2.47. The van der Waals surface area contributed by atoms with Gasteiger partial charge in [0.1, 0.15) is 5.82 Å². The first-order valence-electron chi connectivity index (χ1n) is 7.99. The van der Waals surface area contributed by atoms with Crippen LogP contribution in [-0.4, -0.2) is 35.0 Å². The molecular formula is C16H24N4O. The first-order chi connectivity index (χ1) is 10.1. The number of piperidine rings is 1. The molecule has 1 aliphatic heterocycles. The highest BCUT2D eigenvalue weighted by molar-refractivity contribution is 5.79. The van der Waals surface area contributed by atoms with E-state index in [1.54, 1.807) is 0 Å². The Kier molecular flexibility index (Phi) is 4.08. The molecule has 1 aromatic rings. The molecular weight excluding hydrogens is 264 g/mol. The minimum absolute atomic E-state index is 0.270. The minimum Gasteiger partial charge on any atom is -0.355 e. The van der Waals surface area contributed by atoms with Gasteiger partial charge in [-0.3, -0.25) is 9.78 Å². The second-order valence-corrected chi connectivity index (χ2v) is 6.32. The zero-order valence-corrected chi connectivity index (χ0v) is 12.9. The Labute approximate surface area is 126 Å². The van der Waals surface area contributed by atoms with Gasteiger partial charge >= 0.3 is 0 Å². The molecule has 1 N–H and O–H groups in total. The van der Waals surface area contributed by atoms with Crippen LogP contribution in [0.15, 0.2) is 6.20 Å². The standard InChI is InChI=1S/C16H24N4O/c1-11-10-17-12(2)15(18-11)20-8-6-14(7-9-20)19-16(21)13-4-3-5-13/h10,13-14H,3-9H2,1-2H3,(H,19,21). The van der Waals surface area contributed by atoms with Crippen molar-refractivity contribution in [1.29, 1.82) is 0 Å². The Morgan fingerprint density at radius 2 is 1.95 bits per heavy atom. The van der Waals surface area contributed by atoms with E-state index in [9.17, 15) is 4.79 Å². The molecule has 1 aromatic heterocycles. The third-order valence-electron chi connectivity index (χ3n) is 4.67. The van der Waals surface area contributed by atoms with Crippen molar-refractivity contribution < 1.29 is 4.79 Å². The van der Waals surface area contributed by atoms with Gasteiger partial charge in [-0.2, -0.15) is 0 Å². The maximum Gasteiger partial charge on any atom is 0.223 e. The van der Waals surface area contributed by atoms with E-state index >= 15 is 0 Å². The lowest BCUT2D eigenvalue weighted by atomic mass is 9.84. The predicted octanol–water partition coefficient (Wildman–Crippen LogP) is 1.98. The maximum atomic E-state index is 12.0. The third kappa shape index (κ3) is 3.17. The molecule has 2 heterocycles. The Morgan fingerprint density at radius 1 is 1.24 bits per heavy atom. The molecule has 1 saturated carbocycles. The quantitative estimate of drug-likeness (QED) is 0.924. The molecule has 3 rings (SSSR count). The van der Waals surface area contributed by atoms with E-state index in [1.807, 2.05) is 20.0 Å². The number of amides is 1. The lowest BCUT2D eigenvalue weighted by Gasteiger charge is -2.35. The van der Waals surface area contributed by atoms with Crippen molar-refractivity contribution in [2.45, 2.75) is 52.0 Å². The number of carbonyl (C=O) groups is 1. The number of anilines is 1. The van der Waals surface area contributed by atoms with Crippen molar-refractivity contribution in [3.8, 4) is 0 Å². The Morgan fingerprint density at radius 3 is 2.57 bits per heavy atom. The van der Waals surface area contributed by atoms with Crippen LogP contribution in [0, 0.1) is 19.8 Å². The van der Waals surface area contributed by atoms with Gasteiger partial charge in [0, 0.05) is 31.2 Å². The van der Waals surface area contributed by atoms with E-state index in [0.717, 1.165) is 56.0 Å². The van der Waals surface area contributed by atoms with Gasteiger partial charge in [0.05, 0.1) is 11.4 Å². The van der Waals surface area contributed by atoms with Crippen LogP contribution >= 0.6 is 0 Å². The molecule has 5 heteroatoms. The van der Waals surface area contributed by atoms with Crippen molar-refractivity contribution >= 4 is 11.7 Å². The molecule has 2 fully saturated rings. The van der Waals surface area contributed by atoms with Crippen LogP contribution in [0.25, 0.3) is 0 Å². The molecule has 1 saturated heterocycles. The molecule has 21 heavy (non-hydrogen) atoms. The predicted molar refractivity (Wildman–Crippen MR) is 82.2 cm³/mol.